The van der Waals surface area contributed by atoms with Crippen molar-refractivity contribution in [3.05, 3.63) is 42.5 Å². The minimum Gasteiger partial charge on any atom is -0.284 e. The number of allylic oxidation sites excluding steroid dienone is 1. The van der Waals surface area contributed by atoms with Gasteiger partial charge in [0.05, 0.1) is 0 Å². The highest BCUT2D eigenvalue weighted by molar-refractivity contribution is 5.88. The third-order valence-corrected chi connectivity index (χ3v) is 1.27. The maximum absolute atomic E-state index is 11.0. The van der Waals surface area contributed by atoms with Crippen LogP contribution in [0.5, 0.6) is 0 Å². The van der Waals surface area contributed by atoms with Crippen LogP contribution in [-0.2, 0) is 0 Å². The second-order valence-corrected chi connectivity index (χ2v) is 2.00. The first-order valence-corrected chi connectivity index (χ1v) is 3.15. The number of nitrogens with zero attached hydrogens (tertiary/aromatic N) is 1. The summed E-state index contributed by atoms with van der Waals surface area (Å²) in [5.74, 6) is -0.282. The quantitative estimate of drug-likeness (QED) is 0.588. The van der Waals surface area contributed by atoms with Crippen LogP contribution in [0.1, 0.15) is 4.79 Å². The molecule has 3 nitrogen and oxygen atoms in total. The molecule has 0 aliphatic heterocycles. The zero-order chi connectivity index (χ0) is 8.27. The molecule has 56 valence electrons. The van der Waals surface area contributed by atoms with Crippen molar-refractivity contribution in [1.82, 2.24) is 4.57 Å². The maximum atomic E-state index is 11.0. The number of hydrogen-bond acceptors (Lipinski definition) is 2. The monoisotopic (exact) mass is 148 g/mol. The fourth-order valence-corrected chi connectivity index (χ4v) is 0.734. The summed E-state index contributed by atoms with van der Waals surface area (Å²) in [6.45, 7) is 3.32. The van der Waals surface area contributed by atoms with Gasteiger partial charge in [-0.15, -0.1) is 0 Å². The number of carbonyl (C=O) groups excluding carboxylic acids is 1. The van der Waals surface area contributed by atoms with Gasteiger partial charge in [0, 0.05) is 6.20 Å². The van der Waals surface area contributed by atoms with E-state index in [1.807, 2.05) is 0 Å². The van der Waals surface area contributed by atoms with Gasteiger partial charge in [-0.3, -0.25) is 14.8 Å². The summed E-state index contributed by atoms with van der Waals surface area (Å²) in [4.78, 5) is 11.0. The van der Waals surface area contributed by atoms with Crippen molar-refractivity contribution in [3.63, 3.8) is 0 Å². The lowest BCUT2D eigenvalue weighted by Crippen LogP contribution is -2.23. The molecule has 0 aliphatic rings. The fraction of sp³-hybridized carbons (Fsp3) is 0. The average Bonchev–Trinajstić information content (AvgIpc) is 2.04. The molecule has 1 heterocycles. The summed E-state index contributed by atoms with van der Waals surface area (Å²) < 4.78 is 1.22. The van der Waals surface area contributed by atoms with Crippen molar-refractivity contribution in [2.45, 2.75) is 0 Å². The van der Waals surface area contributed by atoms with Crippen molar-refractivity contribution in [1.29, 1.82) is 5.41 Å². The second kappa shape index (κ2) is 2.96. The minimum absolute atomic E-state index is 0.164. The van der Waals surface area contributed by atoms with Crippen LogP contribution in [0.2, 0.25) is 0 Å². The molecule has 0 atom stereocenters. The van der Waals surface area contributed by atoms with E-state index in [-0.39, 0.29) is 11.4 Å². The largest absolute Gasteiger partial charge is 0.284 e. The van der Waals surface area contributed by atoms with Crippen molar-refractivity contribution in [2.24, 2.45) is 0 Å². The lowest BCUT2D eigenvalue weighted by molar-refractivity contribution is 0.0964. The van der Waals surface area contributed by atoms with Gasteiger partial charge in [-0.25, -0.2) is 0 Å². The number of aromatic nitrogens is 1. The molecule has 11 heavy (non-hydrogen) atoms. The minimum atomic E-state index is -0.282. The van der Waals surface area contributed by atoms with E-state index in [1.54, 1.807) is 18.2 Å². The van der Waals surface area contributed by atoms with E-state index in [0.29, 0.717) is 0 Å². The molecule has 0 bridgehead atoms. The fourth-order valence-electron chi connectivity index (χ4n) is 0.734. The molecule has 3 heteroatoms. The molecule has 0 saturated carbocycles. The van der Waals surface area contributed by atoms with Crippen LogP contribution < -0.4 is 5.49 Å². The zero-order valence-electron chi connectivity index (χ0n) is 5.95. The van der Waals surface area contributed by atoms with Crippen molar-refractivity contribution in [3.8, 4) is 0 Å². The van der Waals surface area contributed by atoms with E-state index < -0.39 is 0 Å². The lowest BCUT2D eigenvalue weighted by Gasteiger charge is -1.98. The Morgan fingerprint density at radius 2 is 2.36 bits per heavy atom. The van der Waals surface area contributed by atoms with E-state index in [4.69, 9.17) is 5.41 Å². The Balaban J connectivity index is 3.24. The highest BCUT2D eigenvalue weighted by atomic mass is 16.1. The van der Waals surface area contributed by atoms with E-state index in [1.165, 1.54) is 16.8 Å². The topological polar surface area (TPSA) is 45.9 Å². The summed E-state index contributed by atoms with van der Waals surface area (Å²) in [5.41, 5.74) is 0.164. The molecule has 0 amide bonds. The number of carbonyl (C=O) groups is 1. The van der Waals surface area contributed by atoms with Crippen LogP contribution in [0.4, 0.5) is 0 Å². The van der Waals surface area contributed by atoms with Crippen LogP contribution in [0, 0.1) is 5.41 Å². The highest BCUT2D eigenvalue weighted by Crippen LogP contribution is 1.81. The molecule has 0 spiro atoms. The zero-order valence-corrected chi connectivity index (χ0v) is 5.95. The molecule has 0 fully saturated rings. The standard InChI is InChI=1S/C8H8N2O/c1-2-8(11)10-6-4-3-5-7(10)9/h2-6,9H,1H2. The van der Waals surface area contributed by atoms with Gasteiger partial charge in [-0.05, 0) is 18.2 Å². The SMILES string of the molecule is C=CC(=O)n1ccccc1=N. The van der Waals surface area contributed by atoms with Crippen LogP contribution >= 0.6 is 0 Å². The van der Waals surface area contributed by atoms with Crippen LogP contribution in [0.25, 0.3) is 0 Å². The van der Waals surface area contributed by atoms with Gasteiger partial charge in [-0.2, -0.15) is 0 Å². The Labute approximate surface area is 64.1 Å². The molecule has 0 unspecified atom stereocenters. The molecule has 1 aromatic rings. The van der Waals surface area contributed by atoms with Gasteiger partial charge < -0.3 is 0 Å². The summed E-state index contributed by atoms with van der Waals surface area (Å²) in [5, 5.41) is 7.30. The number of pyridine rings is 1. The third kappa shape index (κ3) is 1.43. The molecule has 1 N–H and O–H groups in total. The van der Waals surface area contributed by atoms with Gasteiger partial charge in [0.15, 0.2) is 0 Å². The van der Waals surface area contributed by atoms with E-state index in [9.17, 15) is 4.79 Å². The van der Waals surface area contributed by atoms with Crippen LogP contribution in [0.3, 0.4) is 0 Å². The van der Waals surface area contributed by atoms with Gasteiger partial charge in [0.1, 0.15) is 5.49 Å². The van der Waals surface area contributed by atoms with Crippen molar-refractivity contribution in [2.75, 3.05) is 0 Å². The first kappa shape index (κ1) is 7.47. The molecule has 0 saturated heterocycles. The number of nitrogens with one attached hydrogen (secondary N) is 1. The van der Waals surface area contributed by atoms with Crippen LogP contribution in [0.15, 0.2) is 37.1 Å². The highest BCUT2D eigenvalue weighted by Gasteiger charge is 1.95. The first-order valence-electron chi connectivity index (χ1n) is 3.15. The van der Waals surface area contributed by atoms with Crippen molar-refractivity contribution >= 4 is 5.91 Å². The van der Waals surface area contributed by atoms with E-state index in [0.717, 1.165) is 0 Å². The van der Waals surface area contributed by atoms with Gasteiger partial charge in [-0.1, -0.05) is 12.6 Å². The van der Waals surface area contributed by atoms with Crippen LogP contribution in [-0.4, -0.2) is 10.5 Å². The third-order valence-electron chi connectivity index (χ3n) is 1.27. The molecular formula is C8H8N2O. The summed E-state index contributed by atoms with van der Waals surface area (Å²) in [6.07, 6.45) is 2.71. The predicted octanol–water partition coefficient (Wildman–Crippen LogP) is 0.794. The van der Waals surface area contributed by atoms with Gasteiger partial charge >= 0.3 is 0 Å². The maximum Gasteiger partial charge on any atom is 0.255 e. The normalized spacial score (nSPS) is 9.09. The summed E-state index contributed by atoms with van der Waals surface area (Å²) >= 11 is 0. The van der Waals surface area contributed by atoms with E-state index in [2.05, 4.69) is 6.58 Å². The number of rotatable bonds is 1. The Bertz CT molecular complexity index is 338. The Hall–Kier alpha value is -1.64. The number of hydrogen-bond donors (Lipinski definition) is 1. The average molecular weight is 148 g/mol. The molecular weight excluding hydrogens is 140 g/mol. The first-order chi connectivity index (χ1) is 5.25. The Morgan fingerprint density at radius 1 is 1.64 bits per heavy atom. The summed E-state index contributed by atoms with van der Waals surface area (Å²) in [7, 11) is 0. The Morgan fingerprint density at radius 3 is 2.91 bits per heavy atom. The molecule has 1 rings (SSSR count). The van der Waals surface area contributed by atoms with Gasteiger partial charge in [0.25, 0.3) is 5.91 Å². The summed E-state index contributed by atoms with van der Waals surface area (Å²) in [6, 6.07) is 4.94. The lowest BCUT2D eigenvalue weighted by atomic mass is 10.4. The molecule has 1 aromatic heterocycles. The molecule has 0 aliphatic carbocycles. The van der Waals surface area contributed by atoms with Crippen molar-refractivity contribution < 1.29 is 4.79 Å². The molecule has 0 radical (unpaired) electrons. The van der Waals surface area contributed by atoms with E-state index >= 15 is 0 Å². The second-order valence-electron chi connectivity index (χ2n) is 2.00. The van der Waals surface area contributed by atoms with Gasteiger partial charge in [0.2, 0.25) is 0 Å². The smallest absolute Gasteiger partial charge is 0.255 e. The predicted molar refractivity (Wildman–Crippen MR) is 41.1 cm³/mol. The Kier molecular flexibility index (Phi) is 2.01. The molecule has 0 aromatic carbocycles.